The van der Waals surface area contributed by atoms with Crippen LogP contribution in [0.15, 0.2) is 87.0 Å². The largest absolute Gasteiger partial charge is 0.280 e. The van der Waals surface area contributed by atoms with Gasteiger partial charge in [0, 0.05) is 5.39 Å². The summed E-state index contributed by atoms with van der Waals surface area (Å²) < 4.78 is 23.1. The second-order valence-electron chi connectivity index (χ2n) is 6.55. The van der Waals surface area contributed by atoms with Gasteiger partial charge in [-0.15, -0.1) is 0 Å². The Hall–Kier alpha value is -3.43. The molecule has 29 heavy (non-hydrogen) atoms. The van der Waals surface area contributed by atoms with Gasteiger partial charge in [-0.05, 0) is 42.6 Å². The lowest BCUT2D eigenvalue weighted by Crippen LogP contribution is -2.29. The van der Waals surface area contributed by atoms with Gasteiger partial charge in [-0.2, -0.15) is 20.3 Å². The molecule has 0 saturated carbocycles. The molecule has 0 radical (unpaired) electrons. The van der Waals surface area contributed by atoms with Crippen molar-refractivity contribution in [1.29, 1.82) is 0 Å². The van der Waals surface area contributed by atoms with Crippen molar-refractivity contribution in [3.05, 3.63) is 66.7 Å². The number of benzene rings is 3. The van der Waals surface area contributed by atoms with Gasteiger partial charge in [-0.3, -0.25) is 4.79 Å². The third kappa shape index (κ3) is 3.65. The molecule has 3 aromatic rings. The van der Waals surface area contributed by atoms with E-state index in [1.807, 2.05) is 18.2 Å². The zero-order valence-corrected chi connectivity index (χ0v) is 16.2. The smallest absolute Gasteiger partial charge is 0.269 e. The number of para-hydroxylation sites is 1. The van der Waals surface area contributed by atoms with Crippen molar-refractivity contribution < 1.29 is 13.2 Å². The molecule has 1 amide bonds. The molecule has 0 saturated heterocycles. The topological polar surface area (TPSA) is 118 Å². The highest BCUT2D eigenvalue weighted by Gasteiger charge is 2.34. The number of nitrogens with two attached hydrogens (primary N) is 1. The Kier molecular flexibility index (Phi) is 4.69. The first-order chi connectivity index (χ1) is 13.8. The normalized spacial score (nSPS) is 17.3. The number of anilines is 1. The van der Waals surface area contributed by atoms with Crippen LogP contribution in [0, 0.1) is 0 Å². The number of hydrogen-bond acceptors (Lipinski definition) is 6. The number of nitrogens with zero attached hydrogens (tertiary/aromatic N) is 4. The van der Waals surface area contributed by atoms with Gasteiger partial charge in [0.1, 0.15) is 0 Å². The Labute approximate surface area is 167 Å². The predicted molar refractivity (Wildman–Crippen MR) is 111 cm³/mol. The van der Waals surface area contributed by atoms with Crippen molar-refractivity contribution in [3.63, 3.8) is 0 Å². The van der Waals surface area contributed by atoms with E-state index in [-0.39, 0.29) is 10.8 Å². The second-order valence-corrected chi connectivity index (χ2v) is 8.11. The maximum absolute atomic E-state index is 12.7. The minimum absolute atomic E-state index is 0.0199. The minimum atomic E-state index is -3.80. The summed E-state index contributed by atoms with van der Waals surface area (Å²) in [7, 11) is -3.80. The number of carbonyl (C=O) groups is 1. The van der Waals surface area contributed by atoms with Crippen molar-refractivity contribution in [1.82, 2.24) is 0 Å². The highest BCUT2D eigenvalue weighted by Crippen LogP contribution is 2.29. The average molecular weight is 407 g/mol. The number of rotatable bonds is 4. The predicted octanol–water partition coefficient (Wildman–Crippen LogP) is 3.36. The first-order valence-electron chi connectivity index (χ1n) is 8.75. The molecule has 146 valence electrons. The van der Waals surface area contributed by atoms with Crippen molar-refractivity contribution >= 4 is 43.8 Å². The lowest BCUT2D eigenvalue weighted by molar-refractivity contribution is -0.117. The summed E-state index contributed by atoms with van der Waals surface area (Å²) in [6.07, 6.45) is 0. The summed E-state index contributed by atoms with van der Waals surface area (Å²) in [5, 5.41) is 20.6. The van der Waals surface area contributed by atoms with E-state index in [0.29, 0.717) is 27.9 Å². The van der Waals surface area contributed by atoms with E-state index in [2.05, 4.69) is 15.3 Å². The van der Waals surface area contributed by atoms with Crippen LogP contribution in [0.2, 0.25) is 0 Å². The van der Waals surface area contributed by atoms with Crippen LogP contribution in [-0.4, -0.2) is 26.1 Å². The molecule has 0 aliphatic carbocycles. The monoisotopic (exact) mass is 407 g/mol. The number of amides is 1. The molecule has 3 aromatic carbocycles. The molecular weight excluding hydrogens is 390 g/mol. The molecule has 4 rings (SSSR count). The molecule has 8 nitrogen and oxygen atoms in total. The molecule has 1 unspecified atom stereocenters. The quantitative estimate of drug-likeness (QED) is 0.668. The second kappa shape index (κ2) is 7.19. The van der Waals surface area contributed by atoms with E-state index in [0.717, 1.165) is 0 Å². The molecule has 0 aromatic heterocycles. The van der Waals surface area contributed by atoms with Crippen molar-refractivity contribution in [3.8, 4) is 0 Å². The molecule has 1 heterocycles. The first-order valence-corrected chi connectivity index (χ1v) is 10.3. The highest BCUT2D eigenvalue weighted by atomic mass is 32.2. The fraction of sp³-hybridized carbons (Fsp3) is 0.100. The fourth-order valence-electron chi connectivity index (χ4n) is 3.07. The summed E-state index contributed by atoms with van der Waals surface area (Å²) >= 11 is 0. The molecule has 0 spiro atoms. The fourth-order valence-corrected chi connectivity index (χ4v) is 3.62. The third-order valence-electron chi connectivity index (χ3n) is 4.54. The van der Waals surface area contributed by atoms with E-state index in [1.54, 1.807) is 43.3 Å². The van der Waals surface area contributed by atoms with E-state index in [9.17, 15) is 13.2 Å². The Balaban J connectivity index is 1.65. The number of azo groups is 1. The van der Waals surface area contributed by atoms with Crippen molar-refractivity contribution in [2.24, 2.45) is 20.5 Å². The zero-order valence-electron chi connectivity index (χ0n) is 15.4. The van der Waals surface area contributed by atoms with Gasteiger partial charge >= 0.3 is 0 Å². The Morgan fingerprint density at radius 3 is 2.52 bits per heavy atom. The molecule has 1 atom stereocenters. The lowest BCUT2D eigenvalue weighted by atomic mass is 10.1. The number of hydrazone groups is 1. The van der Waals surface area contributed by atoms with Gasteiger partial charge in [0.25, 0.3) is 5.91 Å². The first kappa shape index (κ1) is 18.9. The van der Waals surface area contributed by atoms with E-state index in [4.69, 9.17) is 5.14 Å². The highest BCUT2D eigenvalue weighted by molar-refractivity contribution is 7.89. The van der Waals surface area contributed by atoms with Crippen LogP contribution >= 0.6 is 0 Å². The SMILES string of the molecule is CC1=NN(c2ccccc2)C(=O)C1N=Nc1cccc2cc(S(N)(=O)=O)ccc12. The number of carbonyl (C=O) groups excluding carboxylic acids is 1. The Morgan fingerprint density at radius 1 is 1.03 bits per heavy atom. The van der Waals surface area contributed by atoms with Gasteiger partial charge in [-0.1, -0.05) is 36.4 Å². The Bertz CT molecular complexity index is 1270. The van der Waals surface area contributed by atoms with Gasteiger partial charge in [0.2, 0.25) is 10.0 Å². The zero-order chi connectivity index (χ0) is 20.6. The van der Waals surface area contributed by atoms with Gasteiger partial charge < -0.3 is 0 Å². The van der Waals surface area contributed by atoms with Crippen LogP contribution in [0.3, 0.4) is 0 Å². The van der Waals surface area contributed by atoms with E-state index < -0.39 is 16.1 Å². The van der Waals surface area contributed by atoms with Crippen molar-refractivity contribution in [2.75, 3.05) is 5.01 Å². The van der Waals surface area contributed by atoms with Crippen LogP contribution in [0.25, 0.3) is 10.8 Å². The van der Waals surface area contributed by atoms with Gasteiger partial charge in [0.15, 0.2) is 6.04 Å². The standard InChI is InChI=1S/C20H17N5O3S/c1-13-19(20(26)25(24-13)15-7-3-2-4-8-15)23-22-18-9-5-6-14-12-16(29(21,27)28)10-11-17(14)18/h2-12,19H,1H3,(H2,21,27,28). The average Bonchev–Trinajstić information content (AvgIpc) is 2.99. The van der Waals surface area contributed by atoms with Crippen LogP contribution in [0.1, 0.15) is 6.92 Å². The number of primary sulfonamides is 1. The summed E-state index contributed by atoms with van der Waals surface area (Å²) in [6, 6.07) is 18.0. The number of fused-ring (bicyclic) bond motifs is 1. The van der Waals surface area contributed by atoms with Gasteiger partial charge in [0.05, 0.1) is 22.0 Å². The minimum Gasteiger partial charge on any atom is -0.269 e. The number of hydrogen-bond donors (Lipinski definition) is 1. The molecule has 2 N–H and O–H groups in total. The summed E-state index contributed by atoms with van der Waals surface area (Å²) in [5.74, 6) is -0.283. The summed E-state index contributed by atoms with van der Waals surface area (Å²) in [5.41, 5.74) is 1.72. The molecule has 1 aliphatic heterocycles. The molecule has 1 aliphatic rings. The summed E-state index contributed by atoms with van der Waals surface area (Å²) in [6.45, 7) is 1.73. The number of sulfonamides is 1. The molecular formula is C20H17N5O3S. The molecule has 9 heteroatoms. The van der Waals surface area contributed by atoms with Crippen molar-refractivity contribution in [2.45, 2.75) is 17.9 Å². The van der Waals surface area contributed by atoms with Crippen LogP contribution < -0.4 is 10.1 Å². The maximum atomic E-state index is 12.7. The summed E-state index contributed by atoms with van der Waals surface area (Å²) in [4.78, 5) is 12.8. The third-order valence-corrected chi connectivity index (χ3v) is 5.45. The van der Waals surface area contributed by atoms with Crippen LogP contribution in [0.5, 0.6) is 0 Å². The molecule has 0 bridgehead atoms. The van der Waals surface area contributed by atoms with E-state index in [1.165, 1.54) is 17.1 Å². The van der Waals surface area contributed by atoms with Crippen LogP contribution in [-0.2, 0) is 14.8 Å². The maximum Gasteiger partial charge on any atom is 0.280 e. The van der Waals surface area contributed by atoms with Gasteiger partial charge in [-0.25, -0.2) is 13.6 Å². The van der Waals surface area contributed by atoms with Crippen LogP contribution in [0.4, 0.5) is 11.4 Å². The van der Waals surface area contributed by atoms with E-state index >= 15 is 0 Å². The molecule has 0 fully saturated rings. The lowest BCUT2D eigenvalue weighted by Gasteiger charge is -2.11. The Morgan fingerprint density at radius 2 is 1.79 bits per heavy atom.